The molecule has 3 rings (SSSR count). The summed E-state index contributed by atoms with van der Waals surface area (Å²) in [6, 6.07) is 17.9. The van der Waals surface area contributed by atoms with Crippen LogP contribution in [0.3, 0.4) is 0 Å². The second kappa shape index (κ2) is 4.12. The van der Waals surface area contributed by atoms with Crippen molar-refractivity contribution >= 4 is 11.4 Å². The summed E-state index contributed by atoms with van der Waals surface area (Å²) in [5.41, 5.74) is 5.65. The van der Waals surface area contributed by atoms with E-state index in [1.165, 1.54) is 22.5 Å². The van der Waals surface area contributed by atoms with Crippen LogP contribution in [0.4, 0.5) is 11.4 Å². The lowest BCUT2D eigenvalue weighted by atomic mass is 9.81. The van der Waals surface area contributed by atoms with Crippen LogP contribution in [0.5, 0.6) is 0 Å². The number of aryl methyl sites for hydroxylation is 1. The summed E-state index contributed by atoms with van der Waals surface area (Å²) < 4.78 is 0. The number of hydrogen-bond acceptors (Lipinski definition) is 1. The highest BCUT2D eigenvalue weighted by Gasteiger charge is 2.42. The lowest BCUT2D eigenvalue weighted by Crippen LogP contribution is -2.36. The first-order valence-electron chi connectivity index (χ1n) is 6.98. The molecule has 1 aliphatic rings. The van der Waals surface area contributed by atoms with Crippen LogP contribution < -0.4 is 4.90 Å². The highest BCUT2D eigenvalue weighted by Crippen LogP contribution is 2.48. The van der Waals surface area contributed by atoms with Gasteiger partial charge in [-0.2, -0.15) is 0 Å². The van der Waals surface area contributed by atoms with Gasteiger partial charge in [0.15, 0.2) is 0 Å². The topological polar surface area (TPSA) is 3.24 Å². The van der Waals surface area contributed by atoms with Crippen molar-refractivity contribution in [3.63, 3.8) is 0 Å². The molecule has 1 heteroatoms. The van der Waals surface area contributed by atoms with Crippen LogP contribution in [-0.4, -0.2) is 6.04 Å². The van der Waals surface area contributed by atoms with Gasteiger partial charge in [0.2, 0.25) is 0 Å². The minimum absolute atomic E-state index is 0.179. The van der Waals surface area contributed by atoms with Crippen molar-refractivity contribution in [1.82, 2.24) is 0 Å². The van der Waals surface area contributed by atoms with Crippen LogP contribution in [0.25, 0.3) is 0 Å². The molecule has 0 unspecified atom stereocenters. The number of anilines is 2. The van der Waals surface area contributed by atoms with E-state index in [9.17, 15) is 0 Å². The van der Waals surface area contributed by atoms with Crippen molar-refractivity contribution in [3.8, 4) is 0 Å². The fourth-order valence-corrected chi connectivity index (χ4v) is 3.16. The zero-order chi connectivity index (χ0) is 13.6. The van der Waals surface area contributed by atoms with Crippen molar-refractivity contribution in [2.45, 2.75) is 39.2 Å². The third-order valence-corrected chi connectivity index (χ3v) is 4.66. The van der Waals surface area contributed by atoms with Crippen molar-refractivity contribution < 1.29 is 0 Å². The van der Waals surface area contributed by atoms with Gasteiger partial charge in [0.1, 0.15) is 0 Å². The van der Waals surface area contributed by atoms with Crippen molar-refractivity contribution in [2.24, 2.45) is 0 Å². The molecule has 0 amide bonds. The van der Waals surface area contributed by atoms with E-state index in [1.807, 2.05) is 0 Å². The van der Waals surface area contributed by atoms with Gasteiger partial charge in [-0.3, -0.25) is 0 Å². The quantitative estimate of drug-likeness (QED) is 0.703. The van der Waals surface area contributed by atoms with Crippen LogP contribution in [0.15, 0.2) is 48.5 Å². The van der Waals surface area contributed by atoms with Crippen LogP contribution in [-0.2, 0) is 5.41 Å². The molecule has 0 saturated carbocycles. The van der Waals surface area contributed by atoms with Gasteiger partial charge in [0, 0.05) is 22.8 Å². The maximum absolute atomic E-state index is 2.49. The number of hydrogen-bond donors (Lipinski definition) is 0. The van der Waals surface area contributed by atoms with E-state index in [2.05, 4.69) is 81.1 Å². The average Bonchev–Trinajstić information content (AvgIpc) is 2.60. The number of nitrogens with zero attached hydrogens (tertiary/aromatic N) is 1. The zero-order valence-electron chi connectivity index (χ0n) is 12.1. The summed E-state index contributed by atoms with van der Waals surface area (Å²) in [7, 11) is 0. The van der Waals surface area contributed by atoms with Gasteiger partial charge in [-0.15, -0.1) is 0 Å². The molecule has 0 spiro atoms. The van der Waals surface area contributed by atoms with Crippen LogP contribution in [0.2, 0.25) is 0 Å². The van der Waals surface area contributed by atoms with Gasteiger partial charge in [-0.05, 0) is 37.1 Å². The van der Waals surface area contributed by atoms with E-state index in [1.54, 1.807) is 0 Å². The van der Waals surface area contributed by atoms with E-state index in [-0.39, 0.29) is 5.41 Å². The molecule has 0 fully saturated rings. The molecule has 0 aliphatic carbocycles. The van der Waals surface area contributed by atoms with Gasteiger partial charge < -0.3 is 4.90 Å². The minimum Gasteiger partial charge on any atom is -0.337 e. The predicted molar refractivity (Wildman–Crippen MR) is 82.2 cm³/mol. The molecule has 0 aromatic heterocycles. The lowest BCUT2D eigenvalue weighted by molar-refractivity contribution is 0.462. The van der Waals surface area contributed by atoms with Gasteiger partial charge in [0.25, 0.3) is 0 Å². The van der Waals surface area contributed by atoms with Gasteiger partial charge in [-0.25, -0.2) is 0 Å². The summed E-state index contributed by atoms with van der Waals surface area (Å²) in [5.74, 6) is 0. The smallest absolute Gasteiger partial charge is 0.0452 e. The largest absolute Gasteiger partial charge is 0.337 e. The monoisotopic (exact) mass is 251 g/mol. The Kier molecular flexibility index (Phi) is 2.67. The molecule has 1 aliphatic heterocycles. The Morgan fingerprint density at radius 3 is 2.16 bits per heavy atom. The Bertz CT molecular complexity index is 613. The molecule has 19 heavy (non-hydrogen) atoms. The van der Waals surface area contributed by atoms with Gasteiger partial charge in [0.05, 0.1) is 0 Å². The fourth-order valence-electron chi connectivity index (χ4n) is 3.16. The molecule has 1 atom stereocenters. The van der Waals surface area contributed by atoms with Crippen molar-refractivity contribution in [3.05, 3.63) is 59.7 Å². The fraction of sp³-hybridized carbons (Fsp3) is 0.333. The molecule has 2 aromatic carbocycles. The van der Waals surface area contributed by atoms with Gasteiger partial charge >= 0.3 is 0 Å². The summed E-state index contributed by atoms with van der Waals surface area (Å²) >= 11 is 0. The zero-order valence-corrected chi connectivity index (χ0v) is 12.1. The average molecular weight is 251 g/mol. The molecular weight excluding hydrogens is 230 g/mol. The Morgan fingerprint density at radius 1 is 0.895 bits per heavy atom. The predicted octanol–water partition coefficient (Wildman–Crippen LogP) is 4.81. The Balaban J connectivity index is 2.21. The second-order valence-corrected chi connectivity index (χ2v) is 6.07. The number of fused-ring (bicyclic) bond motifs is 1. The summed E-state index contributed by atoms with van der Waals surface area (Å²) in [4.78, 5) is 2.49. The van der Waals surface area contributed by atoms with Crippen molar-refractivity contribution in [1.29, 1.82) is 0 Å². The van der Waals surface area contributed by atoms with Crippen LogP contribution in [0, 0.1) is 6.92 Å². The number of benzene rings is 2. The molecule has 0 saturated heterocycles. The first kappa shape index (κ1) is 12.3. The molecule has 0 radical (unpaired) electrons. The summed E-state index contributed by atoms with van der Waals surface area (Å²) in [6.45, 7) is 9.20. The normalized spacial score (nSPS) is 20.4. The first-order chi connectivity index (χ1) is 9.03. The Morgan fingerprint density at radius 2 is 1.47 bits per heavy atom. The maximum Gasteiger partial charge on any atom is 0.0452 e. The minimum atomic E-state index is 0.179. The van der Waals surface area contributed by atoms with E-state index >= 15 is 0 Å². The summed E-state index contributed by atoms with van der Waals surface area (Å²) in [6.07, 6.45) is 0. The molecular formula is C18H21N. The van der Waals surface area contributed by atoms with Crippen molar-refractivity contribution in [2.75, 3.05) is 4.90 Å². The van der Waals surface area contributed by atoms with E-state index in [0.717, 1.165) is 0 Å². The molecule has 2 aromatic rings. The van der Waals surface area contributed by atoms with Crippen LogP contribution in [0.1, 0.15) is 31.9 Å². The maximum atomic E-state index is 2.49. The van der Waals surface area contributed by atoms with Gasteiger partial charge in [-0.1, -0.05) is 50.2 Å². The first-order valence-corrected chi connectivity index (χ1v) is 6.98. The Hall–Kier alpha value is -1.76. The highest BCUT2D eigenvalue weighted by molar-refractivity contribution is 5.75. The number of rotatable bonds is 1. The third kappa shape index (κ3) is 1.68. The Labute approximate surface area is 115 Å². The lowest BCUT2D eigenvalue weighted by Gasteiger charge is -2.32. The SMILES string of the molecule is Cc1ccccc1N1c2ccccc2C(C)(C)[C@@H]1C. The van der Waals surface area contributed by atoms with E-state index in [0.29, 0.717) is 6.04 Å². The molecule has 1 nitrogen and oxygen atoms in total. The van der Waals surface area contributed by atoms with Crippen LogP contribution >= 0.6 is 0 Å². The molecule has 98 valence electrons. The second-order valence-electron chi connectivity index (χ2n) is 6.07. The standard InChI is InChI=1S/C18H21N/c1-13-9-5-7-11-16(13)19-14(2)18(3,4)15-10-6-8-12-17(15)19/h5-12,14H,1-4H3/t14-/m0/s1. The molecule has 1 heterocycles. The third-order valence-electron chi connectivity index (χ3n) is 4.66. The number of para-hydroxylation sites is 2. The van der Waals surface area contributed by atoms with E-state index in [4.69, 9.17) is 0 Å². The molecule has 0 bridgehead atoms. The summed E-state index contributed by atoms with van der Waals surface area (Å²) in [5, 5.41) is 0. The van der Waals surface area contributed by atoms with E-state index < -0.39 is 0 Å². The molecule has 0 N–H and O–H groups in total. The highest BCUT2D eigenvalue weighted by atomic mass is 15.2.